The van der Waals surface area contributed by atoms with Gasteiger partial charge in [0.05, 0.1) is 18.0 Å². The average molecular weight is 487 g/mol. The molecule has 168 valence electrons. The van der Waals surface area contributed by atoms with E-state index in [9.17, 15) is 13.2 Å². The quantitative estimate of drug-likeness (QED) is 0.633. The lowest BCUT2D eigenvalue weighted by Gasteiger charge is -2.31. The van der Waals surface area contributed by atoms with E-state index in [-0.39, 0.29) is 28.2 Å². The number of ether oxygens (including phenoxy) is 2. The number of benzene rings is 2. The molecule has 1 N–H and O–H groups in total. The van der Waals surface area contributed by atoms with Gasteiger partial charge in [-0.3, -0.25) is 9.10 Å². The lowest BCUT2D eigenvalue weighted by molar-refractivity contribution is -0.122. The maximum Gasteiger partial charge on any atom is 0.244 e. The van der Waals surface area contributed by atoms with Crippen molar-refractivity contribution < 1.29 is 22.7 Å². The van der Waals surface area contributed by atoms with E-state index >= 15 is 0 Å². The Morgan fingerprint density at radius 3 is 2.29 bits per heavy atom. The van der Waals surface area contributed by atoms with Crippen LogP contribution in [0.5, 0.6) is 11.5 Å². The van der Waals surface area contributed by atoms with Crippen LogP contribution in [0.25, 0.3) is 0 Å². The highest BCUT2D eigenvalue weighted by Gasteiger charge is 2.32. The van der Waals surface area contributed by atoms with E-state index < -0.39 is 22.0 Å². The summed E-state index contributed by atoms with van der Waals surface area (Å²) in [4.78, 5) is 13.1. The van der Waals surface area contributed by atoms with Crippen molar-refractivity contribution >= 4 is 44.8 Å². The van der Waals surface area contributed by atoms with Gasteiger partial charge in [0, 0.05) is 10.0 Å². The van der Waals surface area contributed by atoms with E-state index in [2.05, 4.69) is 5.32 Å². The molecule has 1 heterocycles. The zero-order chi connectivity index (χ0) is 22.8. The normalized spacial score (nSPS) is 15.1. The Morgan fingerprint density at radius 2 is 1.71 bits per heavy atom. The number of carbonyl (C=O) groups excluding carboxylic acids is 1. The van der Waals surface area contributed by atoms with Crippen LogP contribution in [0.4, 0.5) is 5.69 Å². The molecule has 3 rings (SSSR count). The minimum absolute atomic E-state index is 0.231. The minimum atomic E-state index is -3.80. The fraction of sp³-hybridized carbons (Fsp3) is 0.381. The lowest BCUT2D eigenvalue weighted by Crippen LogP contribution is -2.49. The average Bonchev–Trinajstić information content (AvgIpc) is 2.69. The molecule has 2 aromatic carbocycles. The van der Waals surface area contributed by atoms with Crippen LogP contribution in [-0.4, -0.2) is 39.8 Å². The Balaban J connectivity index is 1.86. The van der Waals surface area contributed by atoms with Crippen LogP contribution in [0.3, 0.4) is 0 Å². The molecular formula is C21H24Cl2N2O5S. The van der Waals surface area contributed by atoms with Gasteiger partial charge in [-0.05, 0) is 49.2 Å². The second-order valence-corrected chi connectivity index (χ2v) is 9.98. The van der Waals surface area contributed by atoms with Crippen LogP contribution in [0.2, 0.25) is 10.0 Å². The third-order valence-corrected chi connectivity index (χ3v) is 6.47. The Bertz CT molecular complexity index is 1060. The van der Waals surface area contributed by atoms with Crippen molar-refractivity contribution in [3.63, 3.8) is 0 Å². The molecular weight excluding hydrogens is 463 g/mol. The number of hydrogen-bond acceptors (Lipinski definition) is 5. The first-order valence-corrected chi connectivity index (χ1v) is 12.4. The topological polar surface area (TPSA) is 84.9 Å². The van der Waals surface area contributed by atoms with Crippen LogP contribution >= 0.6 is 23.2 Å². The second-order valence-electron chi connectivity index (χ2n) is 7.24. The van der Waals surface area contributed by atoms with Gasteiger partial charge >= 0.3 is 0 Å². The Morgan fingerprint density at radius 1 is 1.10 bits per heavy atom. The van der Waals surface area contributed by atoms with Crippen molar-refractivity contribution in [1.82, 2.24) is 5.32 Å². The molecule has 0 fully saturated rings. The van der Waals surface area contributed by atoms with E-state index in [4.69, 9.17) is 32.7 Å². The molecule has 0 saturated heterocycles. The van der Waals surface area contributed by atoms with Crippen LogP contribution < -0.4 is 19.1 Å². The Labute approximate surface area is 192 Å². The number of nitrogens with zero attached hydrogens (tertiary/aromatic N) is 1. The predicted molar refractivity (Wildman–Crippen MR) is 122 cm³/mol. The molecule has 1 amide bonds. The molecule has 2 atom stereocenters. The smallest absolute Gasteiger partial charge is 0.244 e. The second kappa shape index (κ2) is 9.54. The first kappa shape index (κ1) is 23.5. The standard InChI is InChI=1S/C21H24Cl2N2O5S/c1-4-18(25(31(3,27)28)17-11-15(22)10-16(23)12-17)21(26)24-13(2)14-5-6-19-20(9-14)30-8-7-29-19/h5-6,9-13,18H,4,7-8H2,1-3H3,(H,24,26)/t13-,18-/m1/s1. The number of hydrogen-bond donors (Lipinski definition) is 1. The number of carbonyl (C=O) groups is 1. The van der Waals surface area contributed by atoms with Gasteiger partial charge in [-0.15, -0.1) is 0 Å². The number of halogens is 2. The SMILES string of the molecule is CC[C@H](C(=O)N[C@H](C)c1ccc2c(c1)OCCO2)N(c1cc(Cl)cc(Cl)c1)S(C)(=O)=O. The van der Waals surface area contributed by atoms with Crippen LogP contribution in [-0.2, 0) is 14.8 Å². The van der Waals surface area contributed by atoms with E-state index in [1.165, 1.54) is 18.2 Å². The number of amides is 1. The van der Waals surface area contributed by atoms with Crippen LogP contribution in [0.15, 0.2) is 36.4 Å². The number of sulfonamides is 1. The molecule has 10 heteroatoms. The van der Waals surface area contributed by atoms with E-state index in [0.717, 1.165) is 16.1 Å². The van der Waals surface area contributed by atoms with Crippen molar-refractivity contribution in [3.05, 3.63) is 52.0 Å². The highest BCUT2D eigenvalue weighted by Crippen LogP contribution is 2.33. The van der Waals surface area contributed by atoms with E-state index in [1.54, 1.807) is 13.0 Å². The van der Waals surface area contributed by atoms with Gasteiger partial charge in [-0.1, -0.05) is 36.2 Å². The molecule has 0 radical (unpaired) electrons. The third kappa shape index (κ3) is 5.56. The summed E-state index contributed by atoms with van der Waals surface area (Å²) in [6.07, 6.45) is 1.29. The van der Waals surface area contributed by atoms with Gasteiger partial charge in [-0.25, -0.2) is 8.42 Å². The van der Waals surface area contributed by atoms with E-state index in [1.807, 2.05) is 19.1 Å². The monoisotopic (exact) mass is 486 g/mol. The van der Waals surface area contributed by atoms with Gasteiger partial charge in [0.1, 0.15) is 19.3 Å². The highest BCUT2D eigenvalue weighted by atomic mass is 35.5. The molecule has 0 saturated carbocycles. The highest BCUT2D eigenvalue weighted by molar-refractivity contribution is 7.92. The van der Waals surface area contributed by atoms with Crippen molar-refractivity contribution in [2.24, 2.45) is 0 Å². The van der Waals surface area contributed by atoms with Gasteiger partial charge in [0.15, 0.2) is 11.5 Å². The predicted octanol–water partition coefficient (Wildman–Crippen LogP) is 4.19. The minimum Gasteiger partial charge on any atom is -0.486 e. The lowest BCUT2D eigenvalue weighted by atomic mass is 10.1. The van der Waals surface area contributed by atoms with Gasteiger partial charge in [0.2, 0.25) is 15.9 Å². The number of rotatable bonds is 7. The largest absolute Gasteiger partial charge is 0.486 e. The fourth-order valence-corrected chi connectivity index (χ4v) is 5.16. The number of anilines is 1. The summed E-state index contributed by atoms with van der Waals surface area (Å²) in [6.45, 7) is 4.51. The maximum absolute atomic E-state index is 13.1. The summed E-state index contributed by atoms with van der Waals surface area (Å²) < 4.78 is 37.4. The summed E-state index contributed by atoms with van der Waals surface area (Å²) in [5, 5.41) is 3.45. The zero-order valence-electron chi connectivity index (χ0n) is 17.4. The third-order valence-electron chi connectivity index (χ3n) is 4.86. The molecule has 0 bridgehead atoms. The van der Waals surface area contributed by atoms with Crippen LogP contribution in [0, 0.1) is 0 Å². The van der Waals surface area contributed by atoms with Crippen molar-refractivity contribution in [3.8, 4) is 11.5 Å². The van der Waals surface area contributed by atoms with E-state index in [0.29, 0.717) is 24.7 Å². The molecule has 0 spiro atoms. The Hall–Kier alpha value is -2.16. The first-order valence-electron chi connectivity index (χ1n) is 9.75. The molecule has 1 aliphatic heterocycles. The number of nitrogens with one attached hydrogen (secondary N) is 1. The van der Waals surface area contributed by atoms with Crippen molar-refractivity contribution in [2.45, 2.75) is 32.4 Å². The summed E-state index contributed by atoms with van der Waals surface area (Å²) in [5.41, 5.74) is 1.04. The molecule has 0 aromatic heterocycles. The van der Waals surface area contributed by atoms with Gasteiger partial charge in [-0.2, -0.15) is 0 Å². The van der Waals surface area contributed by atoms with Crippen molar-refractivity contribution in [2.75, 3.05) is 23.8 Å². The van der Waals surface area contributed by atoms with Crippen LogP contribution in [0.1, 0.15) is 31.9 Å². The van der Waals surface area contributed by atoms with Gasteiger partial charge < -0.3 is 14.8 Å². The molecule has 2 aromatic rings. The van der Waals surface area contributed by atoms with Crippen molar-refractivity contribution in [1.29, 1.82) is 0 Å². The summed E-state index contributed by atoms with van der Waals surface area (Å²) in [6, 6.07) is 8.50. The summed E-state index contributed by atoms with van der Waals surface area (Å²) in [5.74, 6) is 0.829. The first-order chi connectivity index (χ1) is 14.6. The van der Waals surface area contributed by atoms with Gasteiger partial charge in [0.25, 0.3) is 0 Å². The maximum atomic E-state index is 13.1. The molecule has 7 nitrogen and oxygen atoms in total. The number of fused-ring (bicyclic) bond motifs is 1. The Kier molecular flexibility index (Phi) is 7.24. The summed E-state index contributed by atoms with van der Waals surface area (Å²) in [7, 11) is -3.80. The molecule has 1 aliphatic rings. The zero-order valence-corrected chi connectivity index (χ0v) is 19.7. The fourth-order valence-electron chi connectivity index (χ4n) is 3.45. The molecule has 0 aliphatic carbocycles. The molecule has 0 unspecified atom stereocenters. The molecule has 31 heavy (non-hydrogen) atoms. The summed E-state index contributed by atoms with van der Waals surface area (Å²) >= 11 is 12.1.